The van der Waals surface area contributed by atoms with Gasteiger partial charge >= 0.3 is 0 Å². The Kier molecular flexibility index (Phi) is 2.13. The van der Waals surface area contributed by atoms with Crippen LogP contribution in [0.15, 0.2) is 0 Å². The van der Waals surface area contributed by atoms with Gasteiger partial charge in [-0.25, -0.2) is 0 Å². The monoisotopic (exact) mass is 184 g/mol. The molecule has 2 heterocycles. The van der Waals surface area contributed by atoms with E-state index in [0.717, 1.165) is 13.1 Å². The van der Waals surface area contributed by atoms with E-state index in [9.17, 15) is 0 Å². The predicted octanol–water partition coefficient (Wildman–Crippen LogP) is 1.01. The second-order valence-corrected chi connectivity index (χ2v) is 5.42. The normalized spacial score (nSPS) is 27.9. The maximum absolute atomic E-state index is 5.84. The van der Waals surface area contributed by atoms with Crippen molar-refractivity contribution in [2.75, 3.05) is 26.2 Å². The molecule has 0 aromatic heterocycles. The molecule has 0 aromatic carbocycles. The number of hydroxylamine groups is 2. The molecule has 0 aromatic rings. The fourth-order valence-electron chi connectivity index (χ4n) is 2.13. The molecule has 0 aliphatic carbocycles. The third-order valence-corrected chi connectivity index (χ3v) is 2.81. The van der Waals surface area contributed by atoms with Crippen molar-refractivity contribution in [3.63, 3.8) is 0 Å². The van der Waals surface area contributed by atoms with Gasteiger partial charge < -0.3 is 5.32 Å². The number of nitrogens with one attached hydrogen (secondary N) is 1. The van der Waals surface area contributed by atoms with Crippen molar-refractivity contribution in [3.8, 4) is 0 Å². The zero-order chi connectivity index (χ0) is 9.53. The van der Waals surface area contributed by atoms with Crippen LogP contribution in [0.2, 0.25) is 0 Å². The molecule has 2 aliphatic heterocycles. The van der Waals surface area contributed by atoms with Crippen LogP contribution in [-0.2, 0) is 4.84 Å². The Labute approximate surface area is 80.4 Å². The van der Waals surface area contributed by atoms with Crippen molar-refractivity contribution in [3.05, 3.63) is 0 Å². The summed E-state index contributed by atoms with van der Waals surface area (Å²) in [5.41, 5.74) is 0.508. The van der Waals surface area contributed by atoms with Gasteiger partial charge in [-0.15, -0.1) is 0 Å². The molecule has 2 rings (SSSR count). The lowest BCUT2D eigenvalue weighted by Gasteiger charge is -2.39. The van der Waals surface area contributed by atoms with E-state index in [1.165, 1.54) is 19.5 Å². The van der Waals surface area contributed by atoms with Crippen LogP contribution in [-0.4, -0.2) is 36.8 Å². The summed E-state index contributed by atoms with van der Waals surface area (Å²) in [6, 6.07) is 0. The lowest BCUT2D eigenvalue weighted by atomic mass is 9.81. The first-order chi connectivity index (χ1) is 5.99. The number of hydrogen-bond donors (Lipinski definition) is 1. The van der Waals surface area contributed by atoms with Crippen LogP contribution in [0.3, 0.4) is 0 Å². The van der Waals surface area contributed by atoms with Crippen molar-refractivity contribution in [1.29, 1.82) is 0 Å². The Hall–Kier alpha value is -0.120. The summed E-state index contributed by atoms with van der Waals surface area (Å²) in [6.07, 6.45) is 1.29. The SMILES string of the molecule is CC(C)(C)ON1CCC2(CNC2)C1. The van der Waals surface area contributed by atoms with E-state index in [1.807, 2.05) is 0 Å². The molecule has 0 saturated carbocycles. The Morgan fingerprint density at radius 3 is 2.38 bits per heavy atom. The summed E-state index contributed by atoms with van der Waals surface area (Å²) in [4.78, 5) is 5.84. The zero-order valence-electron chi connectivity index (χ0n) is 8.89. The molecular weight excluding hydrogens is 164 g/mol. The van der Waals surface area contributed by atoms with E-state index in [2.05, 4.69) is 31.2 Å². The average Bonchev–Trinajstić information content (AvgIpc) is 2.26. The second-order valence-electron chi connectivity index (χ2n) is 5.42. The molecule has 2 fully saturated rings. The van der Waals surface area contributed by atoms with Crippen molar-refractivity contribution in [2.24, 2.45) is 5.41 Å². The Morgan fingerprint density at radius 2 is 2.00 bits per heavy atom. The van der Waals surface area contributed by atoms with Gasteiger partial charge in [0, 0.05) is 31.6 Å². The maximum atomic E-state index is 5.84. The average molecular weight is 184 g/mol. The van der Waals surface area contributed by atoms with Crippen LogP contribution in [0.1, 0.15) is 27.2 Å². The molecule has 1 spiro atoms. The zero-order valence-corrected chi connectivity index (χ0v) is 8.89. The highest BCUT2D eigenvalue weighted by Crippen LogP contribution is 2.34. The number of hydrogen-bond acceptors (Lipinski definition) is 3. The minimum atomic E-state index is -0.0390. The Bertz CT molecular complexity index is 194. The highest BCUT2D eigenvalue weighted by molar-refractivity contribution is 4.97. The first kappa shape index (κ1) is 9.44. The molecule has 2 saturated heterocycles. The molecule has 2 aliphatic rings. The standard InChI is InChI=1S/C10H20N2O/c1-9(2,3)13-12-5-4-10(8-12)6-11-7-10/h11H,4-8H2,1-3H3. The lowest BCUT2D eigenvalue weighted by molar-refractivity contribution is -0.221. The third kappa shape index (κ3) is 2.03. The van der Waals surface area contributed by atoms with Crippen LogP contribution in [0.5, 0.6) is 0 Å². The van der Waals surface area contributed by atoms with Gasteiger partial charge in [0.1, 0.15) is 0 Å². The van der Waals surface area contributed by atoms with Crippen molar-refractivity contribution in [2.45, 2.75) is 32.8 Å². The fourth-order valence-corrected chi connectivity index (χ4v) is 2.13. The van der Waals surface area contributed by atoms with Gasteiger partial charge in [-0.2, -0.15) is 5.06 Å². The first-order valence-electron chi connectivity index (χ1n) is 5.14. The summed E-state index contributed by atoms with van der Waals surface area (Å²) in [7, 11) is 0. The molecule has 1 N–H and O–H groups in total. The van der Waals surface area contributed by atoms with Crippen LogP contribution in [0.25, 0.3) is 0 Å². The van der Waals surface area contributed by atoms with Gasteiger partial charge in [0.05, 0.1) is 5.60 Å². The molecule has 76 valence electrons. The third-order valence-electron chi connectivity index (χ3n) is 2.81. The fraction of sp³-hybridized carbons (Fsp3) is 1.00. The molecule has 0 bridgehead atoms. The number of nitrogens with zero attached hydrogens (tertiary/aromatic N) is 1. The maximum Gasteiger partial charge on any atom is 0.0815 e. The number of rotatable bonds is 1. The quantitative estimate of drug-likeness (QED) is 0.658. The van der Waals surface area contributed by atoms with E-state index in [-0.39, 0.29) is 5.60 Å². The summed E-state index contributed by atoms with van der Waals surface area (Å²) < 4.78 is 0. The van der Waals surface area contributed by atoms with Gasteiger partial charge in [-0.1, -0.05) is 0 Å². The minimum Gasteiger partial charge on any atom is -0.315 e. The van der Waals surface area contributed by atoms with Gasteiger partial charge in [-0.3, -0.25) is 4.84 Å². The first-order valence-corrected chi connectivity index (χ1v) is 5.14. The van der Waals surface area contributed by atoms with E-state index in [4.69, 9.17) is 4.84 Å². The van der Waals surface area contributed by atoms with Gasteiger partial charge in [-0.05, 0) is 27.2 Å². The topological polar surface area (TPSA) is 24.5 Å². The van der Waals surface area contributed by atoms with E-state index < -0.39 is 0 Å². The largest absolute Gasteiger partial charge is 0.315 e. The van der Waals surface area contributed by atoms with E-state index in [1.54, 1.807) is 0 Å². The van der Waals surface area contributed by atoms with Gasteiger partial charge in [0.25, 0.3) is 0 Å². The molecule has 13 heavy (non-hydrogen) atoms. The Balaban J connectivity index is 1.84. The highest BCUT2D eigenvalue weighted by atomic mass is 16.7. The van der Waals surface area contributed by atoms with Gasteiger partial charge in [0.15, 0.2) is 0 Å². The van der Waals surface area contributed by atoms with E-state index in [0.29, 0.717) is 5.41 Å². The van der Waals surface area contributed by atoms with Gasteiger partial charge in [0.2, 0.25) is 0 Å². The van der Waals surface area contributed by atoms with Crippen LogP contribution in [0, 0.1) is 5.41 Å². The van der Waals surface area contributed by atoms with Crippen molar-refractivity contribution in [1.82, 2.24) is 10.4 Å². The second kappa shape index (κ2) is 2.94. The molecule has 0 radical (unpaired) electrons. The Morgan fingerprint density at radius 1 is 1.31 bits per heavy atom. The molecular formula is C10H20N2O. The van der Waals surface area contributed by atoms with Crippen molar-refractivity contribution < 1.29 is 4.84 Å². The summed E-state index contributed by atoms with van der Waals surface area (Å²) in [5.74, 6) is 0. The van der Waals surface area contributed by atoms with Crippen LogP contribution < -0.4 is 5.32 Å². The molecule has 0 unspecified atom stereocenters. The summed E-state index contributed by atoms with van der Waals surface area (Å²) in [6.45, 7) is 10.9. The highest BCUT2D eigenvalue weighted by Gasteiger charge is 2.44. The predicted molar refractivity (Wildman–Crippen MR) is 52.3 cm³/mol. The van der Waals surface area contributed by atoms with Crippen molar-refractivity contribution >= 4 is 0 Å². The minimum absolute atomic E-state index is 0.0390. The molecule has 3 heteroatoms. The van der Waals surface area contributed by atoms with Crippen LogP contribution in [0.4, 0.5) is 0 Å². The molecule has 0 atom stereocenters. The lowest BCUT2D eigenvalue weighted by Crippen LogP contribution is -2.54. The smallest absolute Gasteiger partial charge is 0.0815 e. The molecule has 3 nitrogen and oxygen atoms in total. The molecule has 0 amide bonds. The van der Waals surface area contributed by atoms with E-state index >= 15 is 0 Å². The van der Waals surface area contributed by atoms with Crippen LogP contribution >= 0.6 is 0 Å². The summed E-state index contributed by atoms with van der Waals surface area (Å²) in [5, 5.41) is 5.48. The summed E-state index contributed by atoms with van der Waals surface area (Å²) >= 11 is 0.